The molecule has 4 fully saturated rings. The van der Waals surface area contributed by atoms with Crippen LogP contribution in [0, 0.1) is 17.8 Å². The molecule has 4 rings (SSSR count). The summed E-state index contributed by atoms with van der Waals surface area (Å²) < 4.78 is 13.6. The molecule has 1 amide bonds. The van der Waals surface area contributed by atoms with Crippen molar-refractivity contribution in [2.24, 2.45) is 23.5 Å². The fraction of sp³-hybridized carbons (Fsp3) is 0.941. The van der Waals surface area contributed by atoms with E-state index in [0.717, 1.165) is 38.9 Å². The number of nitrogens with zero attached hydrogens (tertiary/aromatic N) is 1. The number of nitrogens with one attached hydrogen (secondary N) is 5. The van der Waals surface area contributed by atoms with Crippen molar-refractivity contribution in [3.63, 3.8) is 0 Å². The molecule has 8 unspecified atom stereocenters. The molecule has 0 aliphatic carbocycles. The number of alkyl halides is 2. The molecule has 0 saturated carbocycles. The van der Waals surface area contributed by atoms with Crippen molar-refractivity contribution in [2.75, 3.05) is 32.7 Å². The van der Waals surface area contributed by atoms with Gasteiger partial charge >= 0.3 is 0 Å². The van der Waals surface area contributed by atoms with Crippen LogP contribution in [0.2, 0.25) is 0 Å². The zero-order valence-electron chi connectivity index (χ0n) is 15.5. The third kappa shape index (κ3) is 4.10. The summed E-state index contributed by atoms with van der Waals surface area (Å²) in [7, 11) is 0. The van der Waals surface area contributed by atoms with E-state index in [4.69, 9.17) is 17.3 Å². The second kappa shape index (κ2) is 8.44. The first-order chi connectivity index (χ1) is 13.0. The summed E-state index contributed by atoms with van der Waals surface area (Å²) in [5.41, 5.74) is 9.16. The van der Waals surface area contributed by atoms with E-state index in [0.29, 0.717) is 11.8 Å². The minimum Gasteiger partial charge on any atom is -0.351 e. The number of piperidine rings is 2. The number of carbonyl (C=O) groups is 1. The van der Waals surface area contributed by atoms with Gasteiger partial charge in [0.05, 0.1) is 23.8 Å². The number of hydrogen-bond acceptors (Lipinski definition) is 7. The largest absolute Gasteiger partial charge is 0.351 e. The molecule has 0 bridgehead atoms. The maximum Gasteiger partial charge on any atom is 0.229 e. The summed E-state index contributed by atoms with van der Waals surface area (Å²) in [4.78, 5) is 13.1. The van der Waals surface area contributed by atoms with Gasteiger partial charge in [0.1, 0.15) is 6.17 Å². The second-order valence-corrected chi connectivity index (χ2v) is 8.69. The van der Waals surface area contributed by atoms with Gasteiger partial charge in [-0.2, -0.15) is 0 Å². The molecule has 0 aromatic rings. The lowest BCUT2D eigenvalue weighted by Crippen LogP contribution is -2.61. The molecular formula is C17H31ClFN7O. The van der Waals surface area contributed by atoms with Crippen molar-refractivity contribution >= 4 is 17.5 Å². The molecule has 10 heteroatoms. The molecular weight excluding hydrogens is 373 g/mol. The van der Waals surface area contributed by atoms with Crippen LogP contribution < -0.4 is 32.4 Å². The van der Waals surface area contributed by atoms with Crippen molar-refractivity contribution < 1.29 is 9.18 Å². The minimum absolute atomic E-state index is 0.0242. The van der Waals surface area contributed by atoms with Crippen LogP contribution in [0.25, 0.3) is 0 Å². The molecule has 4 aliphatic heterocycles. The van der Waals surface area contributed by atoms with Gasteiger partial charge in [-0.05, 0) is 44.2 Å². The van der Waals surface area contributed by atoms with Crippen LogP contribution in [-0.2, 0) is 4.79 Å². The summed E-state index contributed by atoms with van der Waals surface area (Å²) in [6.45, 7) is 3.12. The Bertz CT molecular complexity index is 543. The first-order valence-corrected chi connectivity index (χ1v) is 10.5. The molecule has 7 N–H and O–H groups in total. The Labute approximate surface area is 164 Å². The van der Waals surface area contributed by atoms with Gasteiger partial charge in [0.2, 0.25) is 5.91 Å². The third-order valence-corrected chi connectivity index (χ3v) is 6.94. The van der Waals surface area contributed by atoms with Gasteiger partial charge in [0.25, 0.3) is 0 Å². The maximum absolute atomic E-state index is 13.6. The van der Waals surface area contributed by atoms with Gasteiger partial charge in [-0.25, -0.2) is 14.8 Å². The second-order valence-electron chi connectivity index (χ2n) is 8.22. The van der Waals surface area contributed by atoms with Gasteiger partial charge in [-0.3, -0.25) is 10.1 Å². The number of rotatable bonds is 3. The Morgan fingerprint density at radius 2 is 2.04 bits per heavy atom. The van der Waals surface area contributed by atoms with Crippen LogP contribution in [0.3, 0.4) is 0 Å². The fourth-order valence-electron chi connectivity index (χ4n) is 5.11. The van der Waals surface area contributed by atoms with E-state index < -0.39 is 18.3 Å². The summed E-state index contributed by atoms with van der Waals surface area (Å²) in [6.07, 6.45) is 1.42. The number of hydrogen-bond donors (Lipinski definition) is 6. The average molecular weight is 404 g/mol. The van der Waals surface area contributed by atoms with Crippen molar-refractivity contribution in [3.05, 3.63) is 0 Å². The Balaban J connectivity index is 1.42. The number of fused-ring (bicyclic) bond motifs is 1. The number of hydrazine groups is 1. The quantitative estimate of drug-likeness (QED) is 0.255. The molecule has 0 radical (unpaired) electrons. The van der Waals surface area contributed by atoms with E-state index >= 15 is 0 Å². The van der Waals surface area contributed by atoms with E-state index in [9.17, 15) is 9.18 Å². The Morgan fingerprint density at radius 1 is 1.19 bits per heavy atom. The van der Waals surface area contributed by atoms with E-state index in [1.165, 1.54) is 0 Å². The van der Waals surface area contributed by atoms with Gasteiger partial charge < -0.3 is 21.7 Å². The SMILES string of the molecule is NC1NN2CC(F)CNC2C1C(=O)NC1CNCCC1C1CCCNC1Cl. The first kappa shape index (κ1) is 19.8. The van der Waals surface area contributed by atoms with Crippen molar-refractivity contribution in [3.8, 4) is 0 Å². The zero-order valence-corrected chi connectivity index (χ0v) is 16.2. The van der Waals surface area contributed by atoms with Gasteiger partial charge in [0, 0.05) is 25.7 Å². The van der Waals surface area contributed by atoms with Crippen molar-refractivity contribution in [1.29, 1.82) is 0 Å². The van der Waals surface area contributed by atoms with Crippen LogP contribution >= 0.6 is 11.6 Å². The molecule has 4 saturated heterocycles. The molecule has 154 valence electrons. The highest BCUT2D eigenvalue weighted by atomic mass is 35.5. The Kier molecular flexibility index (Phi) is 6.18. The van der Waals surface area contributed by atoms with E-state index in [2.05, 4.69) is 26.7 Å². The Hall–Kier alpha value is -0.550. The Morgan fingerprint density at radius 3 is 2.85 bits per heavy atom. The zero-order chi connectivity index (χ0) is 19.0. The van der Waals surface area contributed by atoms with Crippen LogP contribution in [-0.4, -0.2) is 73.7 Å². The molecule has 8 atom stereocenters. The normalized spacial score (nSPS) is 46.0. The lowest BCUT2D eigenvalue weighted by Gasteiger charge is -2.42. The molecule has 8 nitrogen and oxygen atoms in total. The number of nitrogens with two attached hydrogens (primary N) is 1. The number of carbonyl (C=O) groups excluding carboxylic acids is 1. The topological polar surface area (TPSA) is 106 Å². The monoisotopic (exact) mass is 403 g/mol. The van der Waals surface area contributed by atoms with Crippen molar-refractivity contribution in [2.45, 2.75) is 49.3 Å². The highest BCUT2D eigenvalue weighted by Crippen LogP contribution is 2.33. The summed E-state index contributed by atoms with van der Waals surface area (Å²) in [5, 5.41) is 14.8. The molecule has 0 aromatic carbocycles. The predicted molar refractivity (Wildman–Crippen MR) is 101 cm³/mol. The lowest BCUT2D eigenvalue weighted by molar-refractivity contribution is -0.128. The fourth-order valence-corrected chi connectivity index (χ4v) is 5.54. The number of amides is 1. The molecule has 0 aromatic heterocycles. The predicted octanol–water partition coefficient (Wildman–Crippen LogP) is -1.37. The van der Waals surface area contributed by atoms with Crippen LogP contribution in [0.4, 0.5) is 4.39 Å². The first-order valence-electron chi connectivity index (χ1n) is 10.1. The summed E-state index contributed by atoms with van der Waals surface area (Å²) in [5.74, 6) is 0.138. The third-order valence-electron chi connectivity index (χ3n) is 6.47. The summed E-state index contributed by atoms with van der Waals surface area (Å²) in [6, 6.07) is 0.0242. The minimum atomic E-state index is -0.964. The molecule has 4 aliphatic rings. The van der Waals surface area contributed by atoms with Crippen LogP contribution in [0.5, 0.6) is 0 Å². The highest BCUT2D eigenvalue weighted by Gasteiger charge is 2.48. The molecule has 0 spiro atoms. The van der Waals surface area contributed by atoms with Gasteiger partial charge in [-0.15, -0.1) is 11.6 Å². The van der Waals surface area contributed by atoms with E-state index in [1.54, 1.807) is 5.01 Å². The van der Waals surface area contributed by atoms with Crippen LogP contribution in [0.15, 0.2) is 0 Å². The summed E-state index contributed by atoms with van der Waals surface area (Å²) >= 11 is 6.55. The smallest absolute Gasteiger partial charge is 0.229 e. The van der Waals surface area contributed by atoms with Crippen molar-refractivity contribution in [1.82, 2.24) is 31.7 Å². The van der Waals surface area contributed by atoms with Gasteiger partial charge in [0.15, 0.2) is 0 Å². The van der Waals surface area contributed by atoms with E-state index in [1.807, 2.05) is 0 Å². The lowest BCUT2D eigenvalue weighted by atomic mass is 9.77. The van der Waals surface area contributed by atoms with Gasteiger partial charge in [-0.1, -0.05) is 0 Å². The number of halogens is 2. The van der Waals surface area contributed by atoms with E-state index in [-0.39, 0.29) is 36.7 Å². The maximum atomic E-state index is 13.6. The molecule has 4 heterocycles. The standard InChI is InChI=1S/C17H31ClFN7O/c18-14-11(2-1-4-22-14)10-3-5-21-7-12(10)24-17(27)13-15(20)25-26-8-9(19)6-23-16(13)26/h9-16,21-23,25H,1-8,20H2,(H,24,27). The highest BCUT2D eigenvalue weighted by molar-refractivity contribution is 6.20. The average Bonchev–Trinajstić information content (AvgIpc) is 2.97. The molecule has 27 heavy (non-hydrogen) atoms. The van der Waals surface area contributed by atoms with Crippen LogP contribution in [0.1, 0.15) is 19.3 Å².